The molecule has 0 aliphatic rings. The van der Waals surface area contributed by atoms with Crippen molar-refractivity contribution in [3.63, 3.8) is 0 Å². The molecule has 0 spiro atoms. The van der Waals surface area contributed by atoms with Gasteiger partial charge in [-0.05, 0) is 17.5 Å². The fourth-order valence-corrected chi connectivity index (χ4v) is 2.19. The highest BCUT2D eigenvalue weighted by atomic mass is 32.1. The van der Waals surface area contributed by atoms with Crippen LogP contribution in [0.25, 0.3) is 22.6 Å². The summed E-state index contributed by atoms with van der Waals surface area (Å²) in [5, 5.41) is 12.8. The standard InChI is InChI=1S/C11H7N3O2S/c15-11(16)7-3-8-10(12-4-7)14-9(13-8)6-1-2-17-5-6/h1-5H,(H,15,16)(H,12,13,14). The number of nitrogens with zero attached hydrogens (tertiary/aromatic N) is 2. The molecule has 0 amide bonds. The van der Waals surface area contributed by atoms with Gasteiger partial charge in [0, 0.05) is 17.1 Å². The average molecular weight is 245 g/mol. The maximum atomic E-state index is 10.8. The molecule has 0 saturated heterocycles. The molecule has 0 aliphatic heterocycles. The van der Waals surface area contributed by atoms with Crippen molar-refractivity contribution in [3.05, 3.63) is 34.7 Å². The minimum Gasteiger partial charge on any atom is -0.478 e. The number of thiophene rings is 1. The van der Waals surface area contributed by atoms with Gasteiger partial charge in [-0.2, -0.15) is 11.3 Å². The van der Waals surface area contributed by atoms with E-state index in [2.05, 4.69) is 15.0 Å². The summed E-state index contributed by atoms with van der Waals surface area (Å²) in [6, 6.07) is 3.48. The van der Waals surface area contributed by atoms with Gasteiger partial charge in [-0.1, -0.05) is 0 Å². The third kappa shape index (κ3) is 1.68. The van der Waals surface area contributed by atoms with Gasteiger partial charge in [-0.15, -0.1) is 0 Å². The highest BCUT2D eigenvalue weighted by molar-refractivity contribution is 7.08. The molecule has 2 N–H and O–H groups in total. The highest BCUT2D eigenvalue weighted by Crippen LogP contribution is 2.21. The van der Waals surface area contributed by atoms with E-state index in [1.54, 1.807) is 11.3 Å². The molecular formula is C11H7N3O2S. The zero-order chi connectivity index (χ0) is 11.8. The highest BCUT2D eigenvalue weighted by Gasteiger charge is 2.09. The van der Waals surface area contributed by atoms with Crippen LogP contribution in [0.3, 0.4) is 0 Å². The molecular weight excluding hydrogens is 238 g/mol. The number of nitrogens with one attached hydrogen (secondary N) is 1. The van der Waals surface area contributed by atoms with Crippen LogP contribution in [-0.4, -0.2) is 26.0 Å². The Morgan fingerprint density at radius 1 is 1.47 bits per heavy atom. The molecule has 0 radical (unpaired) electrons. The van der Waals surface area contributed by atoms with Crippen LogP contribution >= 0.6 is 11.3 Å². The van der Waals surface area contributed by atoms with Gasteiger partial charge in [0.1, 0.15) is 5.82 Å². The van der Waals surface area contributed by atoms with Crippen LogP contribution in [0.1, 0.15) is 10.4 Å². The number of carboxylic acid groups (broad SMARTS) is 1. The fourth-order valence-electron chi connectivity index (χ4n) is 1.55. The summed E-state index contributed by atoms with van der Waals surface area (Å²) in [7, 11) is 0. The van der Waals surface area contributed by atoms with Crippen LogP contribution in [0.5, 0.6) is 0 Å². The minimum atomic E-state index is -0.994. The van der Waals surface area contributed by atoms with Crippen molar-refractivity contribution < 1.29 is 9.90 Å². The van der Waals surface area contributed by atoms with Crippen LogP contribution in [0, 0.1) is 0 Å². The molecule has 3 aromatic rings. The maximum Gasteiger partial charge on any atom is 0.337 e. The van der Waals surface area contributed by atoms with Crippen molar-refractivity contribution >= 4 is 28.5 Å². The number of aromatic carboxylic acids is 1. The molecule has 3 rings (SSSR count). The molecule has 0 fully saturated rings. The number of aromatic nitrogens is 3. The molecule has 84 valence electrons. The lowest BCUT2D eigenvalue weighted by Crippen LogP contribution is -1.96. The Hall–Kier alpha value is -2.21. The summed E-state index contributed by atoms with van der Waals surface area (Å²) in [5.41, 5.74) is 2.28. The summed E-state index contributed by atoms with van der Waals surface area (Å²) in [6.45, 7) is 0. The van der Waals surface area contributed by atoms with Crippen molar-refractivity contribution in [3.8, 4) is 11.4 Å². The molecule has 0 bridgehead atoms. The van der Waals surface area contributed by atoms with E-state index >= 15 is 0 Å². The van der Waals surface area contributed by atoms with Gasteiger partial charge in [-0.25, -0.2) is 14.8 Å². The molecule has 6 heteroatoms. The number of hydrogen-bond donors (Lipinski definition) is 2. The monoisotopic (exact) mass is 245 g/mol. The zero-order valence-corrected chi connectivity index (χ0v) is 9.36. The molecule has 0 saturated carbocycles. The van der Waals surface area contributed by atoms with Crippen molar-refractivity contribution in [2.45, 2.75) is 0 Å². The second-order valence-corrected chi connectivity index (χ2v) is 4.28. The predicted molar refractivity (Wildman–Crippen MR) is 64.2 cm³/mol. The fraction of sp³-hybridized carbons (Fsp3) is 0. The van der Waals surface area contributed by atoms with E-state index in [1.807, 2.05) is 16.8 Å². The van der Waals surface area contributed by atoms with Crippen LogP contribution in [0.2, 0.25) is 0 Å². The first-order valence-corrected chi connectivity index (χ1v) is 5.80. The predicted octanol–water partition coefficient (Wildman–Crippen LogP) is 2.38. The van der Waals surface area contributed by atoms with Crippen molar-refractivity contribution in [2.24, 2.45) is 0 Å². The van der Waals surface area contributed by atoms with E-state index < -0.39 is 5.97 Å². The summed E-state index contributed by atoms with van der Waals surface area (Å²) >= 11 is 1.58. The second kappa shape index (κ2) is 3.67. The number of H-pyrrole nitrogens is 1. The quantitative estimate of drug-likeness (QED) is 0.726. The Morgan fingerprint density at radius 3 is 3.06 bits per heavy atom. The van der Waals surface area contributed by atoms with Crippen molar-refractivity contribution in [1.29, 1.82) is 0 Å². The molecule has 5 nitrogen and oxygen atoms in total. The third-order valence-electron chi connectivity index (χ3n) is 2.38. The van der Waals surface area contributed by atoms with Crippen LogP contribution in [0.15, 0.2) is 29.1 Å². The second-order valence-electron chi connectivity index (χ2n) is 3.50. The first kappa shape index (κ1) is 9.98. The summed E-state index contributed by atoms with van der Waals surface area (Å²) in [4.78, 5) is 22.2. The van der Waals surface area contributed by atoms with Crippen molar-refractivity contribution in [2.75, 3.05) is 0 Å². The number of rotatable bonds is 2. The number of aromatic amines is 1. The number of imidazole rings is 1. The number of carbonyl (C=O) groups is 1. The molecule has 0 unspecified atom stereocenters. The molecule has 0 atom stereocenters. The third-order valence-corrected chi connectivity index (χ3v) is 3.06. The van der Waals surface area contributed by atoms with E-state index in [-0.39, 0.29) is 5.56 Å². The van der Waals surface area contributed by atoms with E-state index in [4.69, 9.17) is 5.11 Å². The lowest BCUT2D eigenvalue weighted by molar-refractivity contribution is 0.0696. The topological polar surface area (TPSA) is 78.9 Å². The molecule has 0 aromatic carbocycles. The van der Waals surface area contributed by atoms with Crippen molar-refractivity contribution in [1.82, 2.24) is 15.0 Å². The number of carboxylic acids is 1. The smallest absolute Gasteiger partial charge is 0.337 e. The number of fused-ring (bicyclic) bond motifs is 1. The van der Waals surface area contributed by atoms with Gasteiger partial charge in [0.2, 0.25) is 0 Å². The Morgan fingerprint density at radius 2 is 2.35 bits per heavy atom. The Labute approximate surface area is 99.8 Å². The minimum absolute atomic E-state index is 0.151. The number of hydrogen-bond acceptors (Lipinski definition) is 4. The van der Waals surface area contributed by atoms with Gasteiger partial charge < -0.3 is 10.1 Å². The summed E-state index contributed by atoms with van der Waals surface area (Å²) in [6.07, 6.45) is 1.31. The Balaban J connectivity index is 2.16. The maximum absolute atomic E-state index is 10.8. The molecule has 0 aliphatic carbocycles. The number of pyridine rings is 1. The molecule has 3 aromatic heterocycles. The summed E-state index contributed by atoms with van der Waals surface area (Å²) < 4.78 is 0. The van der Waals surface area contributed by atoms with Gasteiger partial charge in [0.15, 0.2) is 5.65 Å². The van der Waals surface area contributed by atoms with E-state index in [0.29, 0.717) is 17.0 Å². The normalized spacial score (nSPS) is 10.8. The van der Waals surface area contributed by atoms with Crippen LogP contribution in [0.4, 0.5) is 0 Å². The first-order chi connectivity index (χ1) is 8.24. The van der Waals surface area contributed by atoms with Gasteiger partial charge in [-0.3, -0.25) is 0 Å². The zero-order valence-electron chi connectivity index (χ0n) is 8.54. The summed E-state index contributed by atoms with van der Waals surface area (Å²) in [5.74, 6) is -0.289. The first-order valence-electron chi connectivity index (χ1n) is 4.85. The molecule has 17 heavy (non-hydrogen) atoms. The van der Waals surface area contributed by atoms with E-state index in [0.717, 1.165) is 5.56 Å². The van der Waals surface area contributed by atoms with E-state index in [9.17, 15) is 4.79 Å². The lowest BCUT2D eigenvalue weighted by atomic mass is 10.3. The van der Waals surface area contributed by atoms with Gasteiger partial charge in [0.05, 0.1) is 11.1 Å². The van der Waals surface area contributed by atoms with Gasteiger partial charge in [0.25, 0.3) is 0 Å². The lowest BCUT2D eigenvalue weighted by Gasteiger charge is -1.91. The molecule has 3 heterocycles. The van der Waals surface area contributed by atoms with Gasteiger partial charge >= 0.3 is 5.97 Å². The Kier molecular flexibility index (Phi) is 2.15. The van der Waals surface area contributed by atoms with Crippen LogP contribution in [-0.2, 0) is 0 Å². The Bertz CT molecular complexity index is 688. The SMILES string of the molecule is O=C(O)c1cnc2nc(-c3ccsc3)[nH]c2c1. The van der Waals surface area contributed by atoms with Crippen LogP contribution < -0.4 is 0 Å². The largest absolute Gasteiger partial charge is 0.478 e. The van der Waals surface area contributed by atoms with E-state index in [1.165, 1.54) is 12.3 Å². The average Bonchev–Trinajstić information content (AvgIpc) is 2.96.